The number of hydrogen-bond donors (Lipinski definition) is 2. The Morgan fingerprint density at radius 2 is 2.30 bits per heavy atom. The van der Waals surface area contributed by atoms with Crippen LogP contribution >= 0.6 is 0 Å². The van der Waals surface area contributed by atoms with Crippen LogP contribution in [0.3, 0.4) is 0 Å². The van der Waals surface area contributed by atoms with Gasteiger partial charge in [-0.2, -0.15) is 0 Å². The number of nitro benzene ring substituents is 1. The lowest BCUT2D eigenvalue weighted by Crippen LogP contribution is -2.32. The van der Waals surface area contributed by atoms with Crippen molar-refractivity contribution in [3.63, 3.8) is 0 Å². The molecule has 20 heavy (non-hydrogen) atoms. The van der Waals surface area contributed by atoms with Crippen LogP contribution in [0.15, 0.2) is 18.2 Å². The Balaban J connectivity index is 2.15. The molecule has 0 amide bonds. The van der Waals surface area contributed by atoms with Crippen LogP contribution in [0, 0.1) is 16.0 Å². The zero-order chi connectivity index (χ0) is 14.7. The van der Waals surface area contributed by atoms with E-state index in [0.29, 0.717) is 17.6 Å². The molecule has 6 heteroatoms. The van der Waals surface area contributed by atoms with Gasteiger partial charge in [-0.3, -0.25) is 20.9 Å². The number of nitro groups is 1. The molecule has 2 rings (SSSR count). The number of likely N-dealkylation sites (tertiary alicyclic amines) is 1. The van der Waals surface area contributed by atoms with E-state index < -0.39 is 4.92 Å². The van der Waals surface area contributed by atoms with E-state index in [0.717, 1.165) is 18.7 Å². The summed E-state index contributed by atoms with van der Waals surface area (Å²) in [7, 11) is 0. The van der Waals surface area contributed by atoms with Gasteiger partial charge < -0.3 is 5.43 Å². The maximum Gasteiger partial charge on any atom is 0.293 e. The SMILES string of the molecule is CC(C)C1CCCN1Cc1ccc([N+](=O)[O-])c(NN)c1. The Labute approximate surface area is 119 Å². The molecule has 0 radical (unpaired) electrons. The first kappa shape index (κ1) is 14.7. The van der Waals surface area contributed by atoms with Gasteiger partial charge in [-0.25, -0.2) is 0 Å². The van der Waals surface area contributed by atoms with Crippen molar-refractivity contribution in [1.29, 1.82) is 0 Å². The predicted octanol–water partition coefficient (Wildman–Crippen LogP) is 2.50. The lowest BCUT2D eigenvalue weighted by atomic mass is 10.0. The van der Waals surface area contributed by atoms with Crippen LogP contribution in [0.5, 0.6) is 0 Å². The third-order valence-electron chi connectivity index (χ3n) is 3.98. The second-order valence-corrected chi connectivity index (χ2v) is 5.68. The Bertz CT molecular complexity index is 490. The van der Waals surface area contributed by atoms with Gasteiger partial charge in [0.2, 0.25) is 0 Å². The molecule has 1 heterocycles. The first-order valence-corrected chi connectivity index (χ1v) is 7.01. The van der Waals surface area contributed by atoms with Gasteiger partial charge in [-0.05, 0) is 36.9 Å². The number of nitrogens with one attached hydrogen (secondary N) is 1. The van der Waals surface area contributed by atoms with Crippen LogP contribution in [0.25, 0.3) is 0 Å². The Morgan fingerprint density at radius 3 is 2.90 bits per heavy atom. The molecule has 0 saturated carbocycles. The average Bonchev–Trinajstić information content (AvgIpc) is 2.86. The smallest absolute Gasteiger partial charge is 0.293 e. The van der Waals surface area contributed by atoms with Crippen LogP contribution in [0.4, 0.5) is 11.4 Å². The highest BCUT2D eigenvalue weighted by Gasteiger charge is 2.27. The van der Waals surface area contributed by atoms with Crippen LogP contribution in [-0.4, -0.2) is 22.4 Å². The summed E-state index contributed by atoms with van der Waals surface area (Å²) in [5, 5.41) is 10.9. The fraction of sp³-hybridized carbons (Fsp3) is 0.571. The van der Waals surface area contributed by atoms with Crippen molar-refractivity contribution in [2.75, 3.05) is 12.0 Å². The fourth-order valence-corrected chi connectivity index (χ4v) is 2.99. The van der Waals surface area contributed by atoms with Gasteiger partial charge in [0, 0.05) is 18.7 Å². The molecule has 0 aromatic heterocycles. The molecule has 0 aliphatic carbocycles. The zero-order valence-corrected chi connectivity index (χ0v) is 12.0. The van der Waals surface area contributed by atoms with Crippen molar-refractivity contribution in [1.82, 2.24) is 4.90 Å². The zero-order valence-electron chi connectivity index (χ0n) is 12.0. The monoisotopic (exact) mass is 278 g/mol. The molecule has 1 saturated heterocycles. The van der Waals surface area contributed by atoms with Crippen LogP contribution < -0.4 is 11.3 Å². The predicted molar refractivity (Wildman–Crippen MR) is 79.2 cm³/mol. The molecule has 1 atom stereocenters. The quantitative estimate of drug-likeness (QED) is 0.491. The fourth-order valence-electron chi connectivity index (χ4n) is 2.99. The molecule has 110 valence electrons. The van der Waals surface area contributed by atoms with E-state index in [1.807, 2.05) is 6.07 Å². The van der Waals surface area contributed by atoms with Crippen LogP contribution in [0.1, 0.15) is 32.3 Å². The lowest BCUT2D eigenvalue weighted by molar-refractivity contribution is -0.384. The Hall–Kier alpha value is -1.66. The standard InChI is InChI=1S/C14H22N4O2/c1-10(2)13-4-3-7-17(13)9-11-5-6-14(18(19)20)12(8-11)16-15/h5-6,8,10,13,16H,3-4,7,9,15H2,1-2H3. The van der Waals surface area contributed by atoms with Crippen molar-refractivity contribution in [3.05, 3.63) is 33.9 Å². The number of rotatable bonds is 5. The summed E-state index contributed by atoms with van der Waals surface area (Å²) >= 11 is 0. The summed E-state index contributed by atoms with van der Waals surface area (Å²) in [6.07, 6.45) is 2.45. The minimum atomic E-state index is -0.425. The molecule has 1 fully saturated rings. The topological polar surface area (TPSA) is 84.4 Å². The molecule has 3 N–H and O–H groups in total. The summed E-state index contributed by atoms with van der Waals surface area (Å²) in [6.45, 7) is 6.39. The highest BCUT2D eigenvalue weighted by atomic mass is 16.6. The molecular weight excluding hydrogens is 256 g/mol. The van der Waals surface area contributed by atoms with E-state index in [1.54, 1.807) is 6.07 Å². The Kier molecular flexibility index (Phi) is 4.57. The highest BCUT2D eigenvalue weighted by Crippen LogP contribution is 2.28. The summed E-state index contributed by atoms with van der Waals surface area (Å²) < 4.78 is 0. The minimum Gasteiger partial charge on any atom is -0.318 e. The number of nitrogens with two attached hydrogens (primary N) is 1. The molecule has 1 aliphatic rings. The van der Waals surface area contributed by atoms with E-state index in [-0.39, 0.29) is 5.69 Å². The number of anilines is 1. The van der Waals surface area contributed by atoms with Crippen LogP contribution in [0.2, 0.25) is 0 Å². The summed E-state index contributed by atoms with van der Waals surface area (Å²) in [6, 6.07) is 5.70. The van der Waals surface area contributed by atoms with E-state index in [4.69, 9.17) is 5.84 Å². The van der Waals surface area contributed by atoms with E-state index >= 15 is 0 Å². The number of benzene rings is 1. The first-order chi connectivity index (χ1) is 9.52. The number of hydrogen-bond acceptors (Lipinski definition) is 5. The number of nitrogens with zero attached hydrogens (tertiary/aromatic N) is 2. The first-order valence-electron chi connectivity index (χ1n) is 7.01. The Morgan fingerprint density at radius 1 is 1.55 bits per heavy atom. The molecule has 1 unspecified atom stereocenters. The molecule has 0 spiro atoms. The summed E-state index contributed by atoms with van der Waals surface area (Å²) in [5.41, 5.74) is 3.85. The van der Waals surface area contributed by atoms with Crippen molar-refractivity contribution < 1.29 is 4.92 Å². The summed E-state index contributed by atoms with van der Waals surface area (Å²) in [5.74, 6) is 6.00. The van der Waals surface area contributed by atoms with E-state index in [1.165, 1.54) is 18.9 Å². The van der Waals surface area contributed by atoms with Gasteiger partial charge >= 0.3 is 0 Å². The van der Waals surface area contributed by atoms with Gasteiger partial charge in [-0.15, -0.1) is 0 Å². The molecule has 0 bridgehead atoms. The van der Waals surface area contributed by atoms with Crippen molar-refractivity contribution in [3.8, 4) is 0 Å². The maximum atomic E-state index is 10.9. The highest BCUT2D eigenvalue weighted by molar-refractivity contribution is 5.62. The molecular formula is C14H22N4O2. The van der Waals surface area contributed by atoms with Gasteiger partial charge in [0.15, 0.2) is 0 Å². The van der Waals surface area contributed by atoms with Crippen molar-refractivity contribution in [2.45, 2.75) is 39.3 Å². The third kappa shape index (κ3) is 3.08. The maximum absolute atomic E-state index is 10.9. The number of hydrazine groups is 1. The van der Waals surface area contributed by atoms with Crippen molar-refractivity contribution in [2.24, 2.45) is 11.8 Å². The minimum absolute atomic E-state index is 0.0121. The molecule has 1 aliphatic heterocycles. The second kappa shape index (κ2) is 6.19. The normalized spacial score (nSPS) is 19.5. The average molecular weight is 278 g/mol. The number of nitrogen functional groups attached to an aromatic ring is 1. The van der Waals surface area contributed by atoms with E-state index in [2.05, 4.69) is 24.2 Å². The second-order valence-electron chi connectivity index (χ2n) is 5.68. The van der Waals surface area contributed by atoms with Gasteiger partial charge in [0.1, 0.15) is 5.69 Å². The van der Waals surface area contributed by atoms with Crippen LogP contribution in [-0.2, 0) is 6.54 Å². The molecule has 6 nitrogen and oxygen atoms in total. The van der Waals surface area contributed by atoms with Gasteiger partial charge in [0.25, 0.3) is 5.69 Å². The molecule has 1 aromatic rings. The van der Waals surface area contributed by atoms with Gasteiger partial charge in [-0.1, -0.05) is 19.9 Å². The van der Waals surface area contributed by atoms with Crippen molar-refractivity contribution >= 4 is 11.4 Å². The third-order valence-corrected chi connectivity index (χ3v) is 3.98. The van der Waals surface area contributed by atoms with E-state index in [9.17, 15) is 10.1 Å². The lowest BCUT2D eigenvalue weighted by Gasteiger charge is -2.27. The van der Waals surface area contributed by atoms with Gasteiger partial charge in [0.05, 0.1) is 4.92 Å². The molecule has 1 aromatic carbocycles. The summed E-state index contributed by atoms with van der Waals surface area (Å²) in [4.78, 5) is 12.9. The largest absolute Gasteiger partial charge is 0.318 e.